The predicted molar refractivity (Wildman–Crippen MR) is 126 cm³/mol. The molecule has 0 spiro atoms. The van der Waals surface area contributed by atoms with Gasteiger partial charge in [-0.25, -0.2) is 9.80 Å². The summed E-state index contributed by atoms with van der Waals surface area (Å²) in [6, 6.07) is 19.2. The van der Waals surface area contributed by atoms with E-state index < -0.39 is 29.7 Å². The van der Waals surface area contributed by atoms with Gasteiger partial charge in [0, 0.05) is 16.5 Å². The Balaban J connectivity index is 1.54. The highest BCUT2D eigenvalue weighted by Crippen LogP contribution is 2.32. The van der Waals surface area contributed by atoms with Gasteiger partial charge < -0.3 is 5.32 Å². The number of carbonyl (C=O) groups is 1. The van der Waals surface area contributed by atoms with Crippen LogP contribution in [0.15, 0.2) is 88.9 Å². The SMILES string of the molecule is O=C(Nc1ccc(C(F)(F)F)cc1)N1CC(c2ccccc2)C(c2ccc(SCC(F)(F)F)cc2)=N1. The van der Waals surface area contributed by atoms with Gasteiger partial charge in [-0.15, -0.1) is 11.8 Å². The number of amides is 2. The summed E-state index contributed by atoms with van der Waals surface area (Å²) in [7, 11) is 0. The van der Waals surface area contributed by atoms with Gasteiger partial charge in [0.2, 0.25) is 0 Å². The average molecular weight is 524 g/mol. The molecule has 1 heterocycles. The Morgan fingerprint density at radius 1 is 0.917 bits per heavy atom. The quantitative estimate of drug-likeness (QED) is 0.280. The number of hydrogen-bond acceptors (Lipinski definition) is 3. The maximum Gasteiger partial charge on any atom is 0.416 e. The molecule has 0 radical (unpaired) electrons. The van der Waals surface area contributed by atoms with Crippen LogP contribution in [-0.4, -0.2) is 35.2 Å². The summed E-state index contributed by atoms with van der Waals surface area (Å²) in [6.45, 7) is 0.177. The Morgan fingerprint density at radius 2 is 1.56 bits per heavy atom. The number of hydrazone groups is 1. The van der Waals surface area contributed by atoms with Crippen molar-refractivity contribution in [1.29, 1.82) is 0 Å². The van der Waals surface area contributed by atoms with Crippen LogP contribution in [-0.2, 0) is 6.18 Å². The van der Waals surface area contributed by atoms with Gasteiger partial charge in [0.25, 0.3) is 0 Å². The van der Waals surface area contributed by atoms with Gasteiger partial charge >= 0.3 is 18.4 Å². The number of hydrogen-bond donors (Lipinski definition) is 1. The second-order valence-electron chi connectivity index (χ2n) is 7.96. The van der Waals surface area contributed by atoms with Crippen LogP contribution in [0.2, 0.25) is 0 Å². The Labute approximate surface area is 207 Å². The number of urea groups is 1. The summed E-state index contributed by atoms with van der Waals surface area (Å²) in [4.78, 5) is 13.3. The van der Waals surface area contributed by atoms with Crippen molar-refractivity contribution in [2.24, 2.45) is 5.10 Å². The Hall–Kier alpha value is -3.47. The molecule has 11 heteroatoms. The number of carbonyl (C=O) groups excluding carboxylic acids is 1. The van der Waals surface area contributed by atoms with Crippen molar-refractivity contribution in [1.82, 2.24) is 5.01 Å². The van der Waals surface area contributed by atoms with E-state index in [0.29, 0.717) is 27.9 Å². The molecule has 0 aliphatic carbocycles. The number of benzene rings is 3. The summed E-state index contributed by atoms with van der Waals surface area (Å²) in [5.74, 6) is -1.31. The lowest BCUT2D eigenvalue weighted by molar-refractivity contribution is -0.137. The van der Waals surface area contributed by atoms with Crippen LogP contribution in [0.4, 0.5) is 36.8 Å². The van der Waals surface area contributed by atoms with Crippen LogP contribution in [0.3, 0.4) is 0 Å². The zero-order chi connectivity index (χ0) is 25.9. The van der Waals surface area contributed by atoms with Crippen molar-refractivity contribution in [3.63, 3.8) is 0 Å². The van der Waals surface area contributed by atoms with E-state index in [9.17, 15) is 31.1 Å². The largest absolute Gasteiger partial charge is 0.416 e. The van der Waals surface area contributed by atoms with E-state index in [4.69, 9.17) is 0 Å². The monoisotopic (exact) mass is 523 g/mol. The smallest absolute Gasteiger partial charge is 0.306 e. The fraction of sp³-hybridized carbons (Fsp3) is 0.200. The fourth-order valence-corrected chi connectivity index (χ4v) is 4.31. The highest BCUT2D eigenvalue weighted by Gasteiger charge is 2.33. The van der Waals surface area contributed by atoms with Crippen molar-refractivity contribution < 1.29 is 31.1 Å². The molecule has 188 valence electrons. The minimum absolute atomic E-state index is 0.177. The van der Waals surface area contributed by atoms with Crippen molar-refractivity contribution in [3.8, 4) is 0 Å². The first kappa shape index (κ1) is 25.6. The molecule has 0 fully saturated rings. The second-order valence-corrected chi connectivity index (χ2v) is 9.01. The summed E-state index contributed by atoms with van der Waals surface area (Å²) in [5, 5.41) is 8.20. The third-order valence-electron chi connectivity index (χ3n) is 5.37. The van der Waals surface area contributed by atoms with E-state index in [2.05, 4.69) is 10.4 Å². The van der Waals surface area contributed by atoms with Gasteiger partial charge in [-0.3, -0.25) is 0 Å². The minimum Gasteiger partial charge on any atom is -0.306 e. The first-order chi connectivity index (χ1) is 17.0. The van der Waals surface area contributed by atoms with E-state index in [1.54, 1.807) is 24.3 Å². The third kappa shape index (κ3) is 6.39. The molecule has 4 nitrogen and oxygen atoms in total. The first-order valence-corrected chi connectivity index (χ1v) is 11.7. The standard InChI is InChI=1S/C25H19F6N3OS/c26-24(27,28)15-36-20-12-6-17(7-13-20)22-21(16-4-2-1-3-5-16)14-34(33-22)23(35)32-19-10-8-18(9-11-19)25(29,30)31/h1-13,21H,14-15H2,(H,32,35). The maximum absolute atomic E-state index is 12.9. The fourth-order valence-electron chi connectivity index (χ4n) is 3.65. The molecular formula is C25H19F6N3OS. The van der Waals surface area contributed by atoms with Crippen LogP contribution in [0.1, 0.15) is 22.6 Å². The second kappa shape index (κ2) is 10.3. The number of nitrogens with zero attached hydrogens (tertiary/aromatic N) is 2. The molecule has 2 amide bonds. The lowest BCUT2D eigenvalue weighted by Gasteiger charge is -2.16. The van der Waals surface area contributed by atoms with E-state index >= 15 is 0 Å². The Morgan fingerprint density at radius 3 is 2.14 bits per heavy atom. The molecule has 0 saturated heterocycles. The van der Waals surface area contributed by atoms with Crippen LogP contribution >= 0.6 is 11.8 Å². The topological polar surface area (TPSA) is 44.7 Å². The summed E-state index contributed by atoms with van der Waals surface area (Å²) >= 11 is 0.675. The van der Waals surface area contributed by atoms with Crippen LogP contribution < -0.4 is 5.32 Å². The van der Waals surface area contributed by atoms with Gasteiger partial charge in [0.15, 0.2) is 0 Å². The number of anilines is 1. The molecule has 3 aromatic rings. The lowest BCUT2D eigenvalue weighted by Crippen LogP contribution is -2.30. The Bertz CT molecular complexity index is 1230. The predicted octanol–water partition coefficient (Wildman–Crippen LogP) is 7.40. The van der Waals surface area contributed by atoms with Gasteiger partial charge in [0.05, 0.1) is 23.6 Å². The molecule has 1 aliphatic heterocycles. The molecule has 0 bridgehead atoms. The molecular weight excluding hydrogens is 504 g/mol. The van der Waals surface area contributed by atoms with Crippen molar-refractivity contribution in [2.75, 3.05) is 17.6 Å². The normalized spacial score (nSPS) is 16.1. The summed E-state index contributed by atoms with van der Waals surface area (Å²) in [5.41, 5.74) is 1.43. The lowest BCUT2D eigenvalue weighted by atomic mass is 9.91. The molecule has 0 aromatic heterocycles. The highest BCUT2D eigenvalue weighted by molar-refractivity contribution is 7.99. The number of rotatable bonds is 5. The molecule has 1 unspecified atom stereocenters. The molecule has 36 heavy (non-hydrogen) atoms. The number of nitrogens with one attached hydrogen (secondary N) is 1. The van der Waals surface area contributed by atoms with Gasteiger partial charge in [0.1, 0.15) is 0 Å². The van der Waals surface area contributed by atoms with Crippen molar-refractivity contribution in [2.45, 2.75) is 23.2 Å². The molecule has 0 saturated carbocycles. The zero-order valence-corrected chi connectivity index (χ0v) is 19.3. The molecule has 4 rings (SSSR count). The molecule has 1 aliphatic rings. The summed E-state index contributed by atoms with van der Waals surface area (Å²) < 4.78 is 75.9. The third-order valence-corrected chi connectivity index (χ3v) is 6.44. The number of halogens is 6. The Kier molecular flexibility index (Phi) is 7.30. The van der Waals surface area contributed by atoms with Gasteiger partial charge in [-0.2, -0.15) is 31.4 Å². The van der Waals surface area contributed by atoms with Crippen LogP contribution in [0.5, 0.6) is 0 Å². The maximum atomic E-state index is 12.9. The van der Waals surface area contributed by atoms with Crippen molar-refractivity contribution >= 4 is 29.2 Å². The minimum atomic E-state index is -4.49. The van der Waals surface area contributed by atoms with Crippen LogP contribution in [0.25, 0.3) is 0 Å². The van der Waals surface area contributed by atoms with E-state index in [0.717, 1.165) is 29.8 Å². The van der Waals surface area contributed by atoms with E-state index in [-0.39, 0.29) is 18.2 Å². The van der Waals surface area contributed by atoms with Gasteiger partial charge in [-0.05, 0) is 47.5 Å². The first-order valence-electron chi connectivity index (χ1n) is 10.7. The number of alkyl halides is 6. The molecule has 3 aromatic carbocycles. The van der Waals surface area contributed by atoms with E-state index in [1.807, 2.05) is 30.3 Å². The van der Waals surface area contributed by atoms with Gasteiger partial charge in [-0.1, -0.05) is 42.5 Å². The molecule has 1 N–H and O–H groups in total. The van der Waals surface area contributed by atoms with E-state index in [1.165, 1.54) is 5.01 Å². The average Bonchev–Trinajstić information content (AvgIpc) is 3.29. The van der Waals surface area contributed by atoms with Crippen molar-refractivity contribution in [3.05, 3.63) is 95.6 Å². The highest BCUT2D eigenvalue weighted by atomic mass is 32.2. The number of thioether (sulfide) groups is 1. The zero-order valence-electron chi connectivity index (χ0n) is 18.5. The van der Waals surface area contributed by atoms with Crippen LogP contribution in [0, 0.1) is 0 Å². The molecule has 1 atom stereocenters. The summed E-state index contributed by atoms with van der Waals surface area (Å²) in [6.07, 6.45) is -8.77.